The van der Waals surface area contributed by atoms with Crippen molar-refractivity contribution in [1.82, 2.24) is 4.98 Å². The van der Waals surface area contributed by atoms with Crippen molar-refractivity contribution in [3.05, 3.63) is 23.5 Å². The molecule has 0 aliphatic rings. The molecule has 0 fully saturated rings. The molecule has 0 bridgehead atoms. The number of nitrogens with zero attached hydrogens (tertiary/aromatic N) is 1. The number of hydrogen-bond donors (Lipinski definition) is 1. The van der Waals surface area contributed by atoms with Crippen LogP contribution in [0.15, 0.2) is 12.1 Å². The van der Waals surface area contributed by atoms with E-state index in [1.165, 1.54) is 13.2 Å². The van der Waals surface area contributed by atoms with Crippen molar-refractivity contribution in [1.29, 1.82) is 0 Å². The SMILES string of the molecule is COCCOCc1nc(C(F)(F)F)ccc1N. The molecule has 0 aromatic carbocycles. The number of ether oxygens (including phenoxy) is 2. The lowest BCUT2D eigenvalue weighted by molar-refractivity contribution is -0.141. The molecule has 1 heterocycles. The molecule has 0 saturated carbocycles. The third kappa shape index (κ3) is 4.20. The number of nitrogens with two attached hydrogens (primary N) is 1. The predicted octanol–water partition coefficient (Wildman–Crippen LogP) is 1.85. The van der Waals surface area contributed by atoms with Gasteiger partial charge in [0.15, 0.2) is 0 Å². The lowest BCUT2D eigenvalue weighted by Crippen LogP contribution is -2.12. The predicted molar refractivity (Wildman–Crippen MR) is 55.2 cm³/mol. The molecule has 1 aromatic rings. The van der Waals surface area contributed by atoms with Gasteiger partial charge in [0.1, 0.15) is 5.69 Å². The molecule has 0 atom stereocenters. The van der Waals surface area contributed by atoms with Crippen LogP contribution in [0.2, 0.25) is 0 Å². The number of alkyl halides is 3. The molecule has 4 nitrogen and oxygen atoms in total. The molecule has 2 N–H and O–H groups in total. The maximum absolute atomic E-state index is 12.4. The molecule has 1 aromatic heterocycles. The first-order valence-corrected chi connectivity index (χ1v) is 4.84. The van der Waals surface area contributed by atoms with Crippen LogP contribution in [0.1, 0.15) is 11.4 Å². The van der Waals surface area contributed by atoms with E-state index in [0.717, 1.165) is 6.07 Å². The highest BCUT2D eigenvalue weighted by molar-refractivity contribution is 5.43. The number of anilines is 1. The zero-order valence-corrected chi connectivity index (χ0v) is 9.25. The summed E-state index contributed by atoms with van der Waals surface area (Å²) in [6.45, 7) is 0.561. The van der Waals surface area contributed by atoms with Crippen molar-refractivity contribution in [2.45, 2.75) is 12.8 Å². The largest absolute Gasteiger partial charge is 0.433 e. The van der Waals surface area contributed by atoms with Crippen molar-refractivity contribution in [2.75, 3.05) is 26.1 Å². The van der Waals surface area contributed by atoms with Gasteiger partial charge in [0.2, 0.25) is 0 Å². The van der Waals surface area contributed by atoms with Gasteiger partial charge in [-0.25, -0.2) is 4.98 Å². The second kappa shape index (κ2) is 5.83. The van der Waals surface area contributed by atoms with Gasteiger partial charge in [-0.2, -0.15) is 13.2 Å². The second-order valence-corrected chi connectivity index (χ2v) is 3.28. The number of halogens is 3. The number of aromatic nitrogens is 1. The maximum Gasteiger partial charge on any atom is 0.433 e. The molecule has 0 aliphatic carbocycles. The smallest absolute Gasteiger partial charge is 0.397 e. The van der Waals surface area contributed by atoms with Crippen LogP contribution in [0.5, 0.6) is 0 Å². The monoisotopic (exact) mass is 250 g/mol. The van der Waals surface area contributed by atoms with Gasteiger partial charge < -0.3 is 15.2 Å². The molecule has 7 heteroatoms. The molecule has 0 spiro atoms. The van der Waals surface area contributed by atoms with Gasteiger partial charge in [0.05, 0.1) is 31.2 Å². The van der Waals surface area contributed by atoms with E-state index < -0.39 is 11.9 Å². The van der Waals surface area contributed by atoms with Crippen LogP contribution in [-0.2, 0) is 22.3 Å². The van der Waals surface area contributed by atoms with Crippen LogP contribution in [0, 0.1) is 0 Å². The molecule has 0 amide bonds. The lowest BCUT2D eigenvalue weighted by Gasteiger charge is -2.10. The van der Waals surface area contributed by atoms with Gasteiger partial charge in [-0.3, -0.25) is 0 Å². The van der Waals surface area contributed by atoms with E-state index in [0.29, 0.717) is 6.61 Å². The standard InChI is InChI=1S/C10H13F3N2O2/c1-16-4-5-17-6-8-7(14)2-3-9(15-8)10(11,12)13/h2-3H,4-6,14H2,1H3. The topological polar surface area (TPSA) is 57.4 Å². The van der Waals surface area contributed by atoms with Crippen LogP contribution < -0.4 is 5.73 Å². The van der Waals surface area contributed by atoms with Gasteiger partial charge in [0, 0.05) is 7.11 Å². The summed E-state index contributed by atoms with van der Waals surface area (Å²) < 4.78 is 46.9. The Morgan fingerprint density at radius 3 is 2.59 bits per heavy atom. The van der Waals surface area contributed by atoms with Crippen molar-refractivity contribution in [2.24, 2.45) is 0 Å². The van der Waals surface area contributed by atoms with Crippen molar-refractivity contribution in [3.8, 4) is 0 Å². The average molecular weight is 250 g/mol. The van der Waals surface area contributed by atoms with E-state index in [1.807, 2.05) is 0 Å². The van der Waals surface area contributed by atoms with Crippen LogP contribution in [-0.4, -0.2) is 25.3 Å². The third-order valence-corrected chi connectivity index (χ3v) is 1.97. The molecule has 96 valence electrons. The van der Waals surface area contributed by atoms with E-state index in [-0.39, 0.29) is 24.6 Å². The summed E-state index contributed by atoms with van der Waals surface area (Å²) in [6.07, 6.45) is -4.48. The normalized spacial score (nSPS) is 11.8. The number of nitrogen functional groups attached to an aromatic ring is 1. The van der Waals surface area contributed by atoms with Gasteiger partial charge in [-0.05, 0) is 12.1 Å². The zero-order valence-electron chi connectivity index (χ0n) is 9.25. The Balaban J connectivity index is 2.70. The fourth-order valence-electron chi connectivity index (χ4n) is 1.10. The highest BCUT2D eigenvalue weighted by Gasteiger charge is 2.32. The molecule has 0 unspecified atom stereocenters. The average Bonchev–Trinajstić information content (AvgIpc) is 2.25. The van der Waals surface area contributed by atoms with Crippen LogP contribution >= 0.6 is 0 Å². The first-order chi connectivity index (χ1) is 7.95. The number of pyridine rings is 1. The lowest BCUT2D eigenvalue weighted by atomic mass is 10.2. The Hall–Kier alpha value is -1.34. The molecular formula is C10H13F3N2O2. The minimum absolute atomic E-state index is 0.0703. The van der Waals surface area contributed by atoms with Crippen molar-refractivity contribution >= 4 is 5.69 Å². The van der Waals surface area contributed by atoms with Crippen molar-refractivity contribution in [3.63, 3.8) is 0 Å². The first-order valence-electron chi connectivity index (χ1n) is 4.84. The Morgan fingerprint density at radius 1 is 1.29 bits per heavy atom. The van der Waals surface area contributed by atoms with Crippen LogP contribution in [0.4, 0.5) is 18.9 Å². The van der Waals surface area contributed by atoms with Crippen LogP contribution in [0.3, 0.4) is 0 Å². The van der Waals surface area contributed by atoms with Crippen molar-refractivity contribution < 1.29 is 22.6 Å². The summed E-state index contributed by atoms with van der Waals surface area (Å²) >= 11 is 0. The molecule has 1 rings (SSSR count). The van der Waals surface area contributed by atoms with E-state index >= 15 is 0 Å². The molecular weight excluding hydrogens is 237 g/mol. The summed E-state index contributed by atoms with van der Waals surface area (Å²) in [5.41, 5.74) is 4.79. The zero-order chi connectivity index (χ0) is 12.9. The Kier molecular flexibility index (Phi) is 4.71. The third-order valence-electron chi connectivity index (χ3n) is 1.97. The summed E-state index contributed by atoms with van der Waals surface area (Å²) in [6, 6.07) is 2.01. The fraction of sp³-hybridized carbons (Fsp3) is 0.500. The van der Waals surface area contributed by atoms with Crippen LogP contribution in [0.25, 0.3) is 0 Å². The second-order valence-electron chi connectivity index (χ2n) is 3.28. The molecule has 0 saturated heterocycles. The summed E-state index contributed by atoms with van der Waals surface area (Å²) in [5, 5.41) is 0. The summed E-state index contributed by atoms with van der Waals surface area (Å²) in [5.74, 6) is 0. The number of rotatable bonds is 5. The van der Waals surface area contributed by atoms with Gasteiger partial charge in [-0.15, -0.1) is 0 Å². The highest BCUT2D eigenvalue weighted by atomic mass is 19.4. The summed E-state index contributed by atoms with van der Waals surface area (Å²) in [7, 11) is 1.50. The molecule has 17 heavy (non-hydrogen) atoms. The van der Waals surface area contributed by atoms with E-state index in [9.17, 15) is 13.2 Å². The van der Waals surface area contributed by atoms with Gasteiger partial charge in [-0.1, -0.05) is 0 Å². The molecule has 0 aliphatic heterocycles. The maximum atomic E-state index is 12.4. The fourth-order valence-corrected chi connectivity index (χ4v) is 1.10. The summed E-state index contributed by atoms with van der Waals surface area (Å²) in [4.78, 5) is 3.43. The van der Waals surface area contributed by atoms with E-state index in [4.69, 9.17) is 15.2 Å². The van der Waals surface area contributed by atoms with E-state index in [1.54, 1.807) is 0 Å². The Bertz CT molecular complexity index is 369. The Morgan fingerprint density at radius 2 is 2.00 bits per heavy atom. The highest BCUT2D eigenvalue weighted by Crippen LogP contribution is 2.28. The number of methoxy groups -OCH3 is 1. The first kappa shape index (κ1) is 13.7. The van der Waals surface area contributed by atoms with E-state index in [2.05, 4.69) is 4.98 Å². The minimum Gasteiger partial charge on any atom is -0.397 e. The van der Waals surface area contributed by atoms with Gasteiger partial charge >= 0.3 is 6.18 Å². The number of hydrogen-bond acceptors (Lipinski definition) is 4. The minimum atomic E-state index is -4.48. The molecule has 0 radical (unpaired) electrons. The Labute approximate surface area is 96.5 Å². The quantitative estimate of drug-likeness (QED) is 0.810. The van der Waals surface area contributed by atoms with Gasteiger partial charge in [0.25, 0.3) is 0 Å².